The van der Waals surface area contributed by atoms with Gasteiger partial charge in [-0.25, -0.2) is 4.79 Å². The van der Waals surface area contributed by atoms with Crippen molar-refractivity contribution >= 4 is 6.09 Å². The van der Waals surface area contributed by atoms with Gasteiger partial charge in [0.05, 0.1) is 6.10 Å². The molecular weight excluding hydrogens is 192 g/mol. The van der Waals surface area contributed by atoms with Gasteiger partial charge >= 0.3 is 6.09 Å². The number of alkyl carbamates (subject to hydrolysis) is 1. The summed E-state index contributed by atoms with van der Waals surface area (Å²) in [5, 5.41) is 6.24. The van der Waals surface area contributed by atoms with Crippen molar-refractivity contribution in [3.8, 4) is 0 Å². The largest absolute Gasteiger partial charge is 0.447 e. The molecule has 0 aromatic carbocycles. The smallest absolute Gasteiger partial charge is 0.407 e. The molecule has 2 unspecified atom stereocenters. The maximum Gasteiger partial charge on any atom is 0.407 e. The summed E-state index contributed by atoms with van der Waals surface area (Å²) in [6.07, 6.45) is 3.23. The Balaban J connectivity index is 2.16. The van der Waals surface area contributed by atoms with Gasteiger partial charge in [-0.15, -0.1) is 0 Å². The zero-order chi connectivity index (χ0) is 11.3. The van der Waals surface area contributed by atoms with E-state index in [4.69, 9.17) is 4.74 Å². The molecule has 1 saturated heterocycles. The quantitative estimate of drug-likeness (QED) is 0.751. The number of hydrogen-bond donors (Lipinski definition) is 2. The number of carbonyl (C=O) groups excluding carboxylic acids is 1. The lowest BCUT2D eigenvalue weighted by molar-refractivity contribution is 0.114. The molecule has 0 aliphatic carbocycles. The Labute approximate surface area is 91.8 Å². The average molecular weight is 214 g/mol. The number of ether oxygens (including phenoxy) is 1. The number of carbonyl (C=O) groups is 1. The van der Waals surface area contributed by atoms with Crippen molar-refractivity contribution in [2.45, 2.75) is 58.2 Å². The van der Waals surface area contributed by atoms with Crippen LogP contribution in [0.1, 0.15) is 40.0 Å². The molecule has 0 aromatic rings. The van der Waals surface area contributed by atoms with E-state index >= 15 is 0 Å². The zero-order valence-corrected chi connectivity index (χ0v) is 9.88. The summed E-state index contributed by atoms with van der Waals surface area (Å²) in [5.74, 6) is 0. The molecule has 1 aliphatic rings. The molecule has 4 nitrogen and oxygen atoms in total. The first kappa shape index (κ1) is 12.3. The minimum atomic E-state index is -0.315. The third-order valence-corrected chi connectivity index (χ3v) is 2.55. The maximum absolute atomic E-state index is 11.2. The normalized spacial score (nSPS) is 26.4. The summed E-state index contributed by atoms with van der Waals surface area (Å²) < 4.78 is 4.99. The van der Waals surface area contributed by atoms with E-state index in [0.717, 1.165) is 6.42 Å². The predicted octanol–water partition coefficient (Wildman–Crippen LogP) is 1.65. The van der Waals surface area contributed by atoms with Crippen LogP contribution in [0, 0.1) is 0 Å². The molecule has 1 heterocycles. The van der Waals surface area contributed by atoms with Gasteiger partial charge in [-0.05, 0) is 33.6 Å². The third kappa shape index (κ3) is 5.02. The topological polar surface area (TPSA) is 50.4 Å². The number of hydrogen-bond acceptors (Lipinski definition) is 3. The molecule has 4 heteroatoms. The van der Waals surface area contributed by atoms with Crippen LogP contribution in [0.15, 0.2) is 0 Å². The van der Waals surface area contributed by atoms with Crippen molar-refractivity contribution in [2.24, 2.45) is 0 Å². The molecule has 0 radical (unpaired) electrons. The van der Waals surface area contributed by atoms with E-state index in [1.54, 1.807) is 0 Å². The lowest BCUT2D eigenvalue weighted by atomic mass is 10.00. The first-order chi connectivity index (χ1) is 7.08. The SMILES string of the molecule is CC1CCCC(CNC(=O)OC(C)C)N1. The first-order valence-electron chi connectivity index (χ1n) is 5.78. The molecule has 0 saturated carbocycles. The maximum atomic E-state index is 11.2. The van der Waals surface area contributed by atoms with Crippen LogP contribution in [-0.2, 0) is 4.74 Å². The second kappa shape index (κ2) is 5.95. The molecule has 2 N–H and O–H groups in total. The molecule has 1 aliphatic heterocycles. The Morgan fingerprint density at radius 1 is 1.53 bits per heavy atom. The van der Waals surface area contributed by atoms with Crippen LogP contribution in [0.3, 0.4) is 0 Å². The van der Waals surface area contributed by atoms with Crippen molar-refractivity contribution in [1.82, 2.24) is 10.6 Å². The highest BCUT2D eigenvalue weighted by Crippen LogP contribution is 2.11. The fourth-order valence-corrected chi connectivity index (χ4v) is 1.86. The third-order valence-electron chi connectivity index (χ3n) is 2.55. The molecule has 0 spiro atoms. The number of rotatable bonds is 3. The molecule has 88 valence electrons. The second-order valence-corrected chi connectivity index (χ2v) is 4.53. The van der Waals surface area contributed by atoms with Gasteiger partial charge < -0.3 is 15.4 Å². The zero-order valence-electron chi connectivity index (χ0n) is 9.88. The minimum absolute atomic E-state index is 0.0526. The number of piperidine rings is 1. The van der Waals surface area contributed by atoms with Crippen LogP contribution >= 0.6 is 0 Å². The minimum Gasteiger partial charge on any atom is -0.447 e. The first-order valence-corrected chi connectivity index (χ1v) is 5.78. The highest BCUT2D eigenvalue weighted by atomic mass is 16.6. The van der Waals surface area contributed by atoms with Gasteiger partial charge in [-0.1, -0.05) is 6.42 Å². The molecule has 1 amide bonds. The monoisotopic (exact) mass is 214 g/mol. The van der Waals surface area contributed by atoms with E-state index in [1.165, 1.54) is 12.8 Å². The van der Waals surface area contributed by atoms with Gasteiger partial charge in [0.25, 0.3) is 0 Å². The van der Waals surface area contributed by atoms with Gasteiger partial charge in [0.2, 0.25) is 0 Å². The molecule has 0 bridgehead atoms. The number of nitrogens with one attached hydrogen (secondary N) is 2. The molecule has 1 rings (SSSR count). The molecule has 1 fully saturated rings. The van der Waals surface area contributed by atoms with Crippen molar-refractivity contribution in [3.05, 3.63) is 0 Å². The highest BCUT2D eigenvalue weighted by Gasteiger charge is 2.18. The summed E-state index contributed by atoms with van der Waals surface area (Å²) in [6, 6.07) is 0.958. The Morgan fingerprint density at radius 2 is 2.27 bits per heavy atom. The van der Waals surface area contributed by atoms with Crippen LogP contribution in [0.2, 0.25) is 0 Å². The summed E-state index contributed by atoms with van der Waals surface area (Å²) in [6.45, 7) is 6.54. The Bertz CT molecular complexity index is 207. The van der Waals surface area contributed by atoms with Gasteiger partial charge in [-0.3, -0.25) is 0 Å². The fourth-order valence-electron chi connectivity index (χ4n) is 1.86. The summed E-state index contributed by atoms with van der Waals surface area (Å²) in [4.78, 5) is 11.2. The van der Waals surface area contributed by atoms with E-state index in [9.17, 15) is 4.79 Å². The molecule has 0 aromatic heterocycles. The van der Waals surface area contributed by atoms with Crippen molar-refractivity contribution in [3.63, 3.8) is 0 Å². The van der Waals surface area contributed by atoms with E-state index in [1.807, 2.05) is 13.8 Å². The van der Waals surface area contributed by atoms with Crippen LogP contribution in [0.4, 0.5) is 4.79 Å². The van der Waals surface area contributed by atoms with Crippen molar-refractivity contribution in [2.75, 3.05) is 6.54 Å². The lowest BCUT2D eigenvalue weighted by Gasteiger charge is -2.28. The summed E-state index contributed by atoms with van der Waals surface area (Å²) >= 11 is 0. The molecular formula is C11H22N2O2. The average Bonchev–Trinajstić information content (AvgIpc) is 2.14. The Kier molecular flexibility index (Phi) is 4.88. The predicted molar refractivity (Wildman–Crippen MR) is 59.9 cm³/mol. The number of amides is 1. The summed E-state index contributed by atoms with van der Waals surface area (Å²) in [7, 11) is 0. The van der Waals surface area contributed by atoms with E-state index in [0.29, 0.717) is 18.6 Å². The summed E-state index contributed by atoms with van der Waals surface area (Å²) in [5.41, 5.74) is 0. The van der Waals surface area contributed by atoms with Crippen molar-refractivity contribution in [1.29, 1.82) is 0 Å². The van der Waals surface area contributed by atoms with Gasteiger partial charge in [-0.2, -0.15) is 0 Å². The van der Waals surface area contributed by atoms with Crippen LogP contribution in [0.5, 0.6) is 0 Å². The van der Waals surface area contributed by atoms with Crippen LogP contribution < -0.4 is 10.6 Å². The van der Waals surface area contributed by atoms with E-state index in [2.05, 4.69) is 17.6 Å². The van der Waals surface area contributed by atoms with Gasteiger partial charge in [0.15, 0.2) is 0 Å². The standard InChI is InChI=1S/C11H22N2O2/c1-8(2)15-11(14)12-7-10-6-4-5-9(3)13-10/h8-10,13H,4-7H2,1-3H3,(H,12,14). The Morgan fingerprint density at radius 3 is 2.87 bits per heavy atom. The molecule has 15 heavy (non-hydrogen) atoms. The van der Waals surface area contributed by atoms with E-state index < -0.39 is 0 Å². The highest BCUT2D eigenvalue weighted by molar-refractivity contribution is 5.67. The molecule has 2 atom stereocenters. The van der Waals surface area contributed by atoms with Crippen LogP contribution in [-0.4, -0.2) is 30.8 Å². The second-order valence-electron chi connectivity index (χ2n) is 4.53. The van der Waals surface area contributed by atoms with E-state index in [-0.39, 0.29) is 12.2 Å². The van der Waals surface area contributed by atoms with Gasteiger partial charge in [0, 0.05) is 18.6 Å². The van der Waals surface area contributed by atoms with Gasteiger partial charge in [0.1, 0.15) is 0 Å². The van der Waals surface area contributed by atoms with Crippen LogP contribution in [0.25, 0.3) is 0 Å². The Hall–Kier alpha value is -0.770. The van der Waals surface area contributed by atoms with Crippen molar-refractivity contribution < 1.29 is 9.53 Å². The fraction of sp³-hybridized carbons (Fsp3) is 0.909. The lowest BCUT2D eigenvalue weighted by Crippen LogP contribution is -2.47.